The molecule has 2 aromatic heterocycles. The van der Waals surface area contributed by atoms with Crippen molar-refractivity contribution < 1.29 is 9.53 Å². The van der Waals surface area contributed by atoms with Crippen LogP contribution in [0.4, 0.5) is 0 Å². The van der Waals surface area contributed by atoms with Crippen LogP contribution in [0.5, 0.6) is 0 Å². The summed E-state index contributed by atoms with van der Waals surface area (Å²) in [6.07, 6.45) is 2.20. The molecule has 1 saturated heterocycles. The van der Waals surface area contributed by atoms with E-state index in [2.05, 4.69) is 10.4 Å². The van der Waals surface area contributed by atoms with Gasteiger partial charge in [-0.1, -0.05) is 29.3 Å². The van der Waals surface area contributed by atoms with Gasteiger partial charge in [-0.15, -0.1) is 11.3 Å². The summed E-state index contributed by atoms with van der Waals surface area (Å²) < 4.78 is 7.45. The van der Waals surface area contributed by atoms with Crippen LogP contribution in [-0.4, -0.2) is 34.9 Å². The molecule has 1 atom stereocenters. The van der Waals surface area contributed by atoms with Gasteiger partial charge in [0.15, 0.2) is 0 Å². The molecule has 1 N–H and O–H groups in total. The van der Waals surface area contributed by atoms with Crippen molar-refractivity contribution in [2.75, 3.05) is 13.2 Å². The van der Waals surface area contributed by atoms with Crippen molar-refractivity contribution in [2.45, 2.75) is 32.4 Å². The van der Waals surface area contributed by atoms with E-state index in [0.717, 1.165) is 40.9 Å². The maximum absolute atomic E-state index is 12.5. The molecular formula is C19H19Cl2N3O2S. The molecule has 4 rings (SSSR count). The van der Waals surface area contributed by atoms with Gasteiger partial charge in [0, 0.05) is 28.6 Å². The van der Waals surface area contributed by atoms with E-state index in [1.807, 2.05) is 29.8 Å². The Morgan fingerprint density at radius 3 is 3.00 bits per heavy atom. The lowest BCUT2D eigenvalue weighted by atomic mass is 10.2. The maximum Gasteiger partial charge on any atom is 0.261 e. The van der Waals surface area contributed by atoms with Crippen LogP contribution in [0, 0.1) is 6.92 Å². The number of aromatic nitrogens is 2. The summed E-state index contributed by atoms with van der Waals surface area (Å²) in [6.45, 7) is 3.81. The van der Waals surface area contributed by atoms with Crippen molar-refractivity contribution in [2.24, 2.45) is 0 Å². The monoisotopic (exact) mass is 423 g/mol. The normalized spacial score (nSPS) is 16.9. The Morgan fingerprint density at radius 2 is 2.26 bits per heavy atom. The highest BCUT2D eigenvalue weighted by Crippen LogP contribution is 2.30. The molecule has 1 aromatic carbocycles. The number of halogens is 2. The van der Waals surface area contributed by atoms with E-state index in [0.29, 0.717) is 28.0 Å². The highest BCUT2D eigenvalue weighted by molar-refractivity contribution is 7.20. The van der Waals surface area contributed by atoms with Crippen LogP contribution < -0.4 is 5.32 Å². The predicted octanol–water partition coefficient (Wildman–Crippen LogP) is 4.67. The Bertz CT molecular complexity index is 992. The number of nitrogens with zero attached hydrogens (tertiary/aromatic N) is 2. The van der Waals surface area contributed by atoms with Crippen molar-refractivity contribution in [3.05, 3.63) is 50.4 Å². The molecule has 1 unspecified atom stereocenters. The smallest absolute Gasteiger partial charge is 0.261 e. The zero-order chi connectivity index (χ0) is 19.0. The molecule has 8 heteroatoms. The average Bonchev–Trinajstić information content (AvgIpc) is 3.35. The van der Waals surface area contributed by atoms with Crippen LogP contribution in [0.15, 0.2) is 24.3 Å². The zero-order valence-electron chi connectivity index (χ0n) is 14.8. The van der Waals surface area contributed by atoms with Crippen molar-refractivity contribution in [3.63, 3.8) is 0 Å². The number of rotatable bonds is 5. The van der Waals surface area contributed by atoms with E-state index in [4.69, 9.17) is 27.9 Å². The largest absolute Gasteiger partial charge is 0.376 e. The first-order chi connectivity index (χ1) is 13.0. The van der Waals surface area contributed by atoms with E-state index in [-0.39, 0.29) is 12.0 Å². The molecule has 0 spiro atoms. The first kappa shape index (κ1) is 18.7. The summed E-state index contributed by atoms with van der Waals surface area (Å²) >= 11 is 13.7. The van der Waals surface area contributed by atoms with Crippen LogP contribution in [0.25, 0.3) is 10.2 Å². The van der Waals surface area contributed by atoms with E-state index in [1.54, 1.807) is 6.07 Å². The Labute approximate surface area is 171 Å². The summed E-state index contributed by atoms with van der Waals surface area (Å²) in [5, 5.41) is 9.78. The number of carbonyl (C=O) groups excluding carboxylic acids is 1. The lowest BCUT2D eigenvalue weighted by molar-refractivity contribution is 0.0861. The highest BCUT2D eigenvalue weighted by atomic mass is 35.5. The highest BCUT2D eigenvalue weighted by Gasteiger charge is 2.20. The summed E-state index contributed by atoms with van der Waals surface area (Å²) in [6, 6.07) is 7.35. The van der Waals surface area contributed by atoms with Gasteiger partial charge in [-0.3, -0.25) is 9.48 Å². The number of benzene rings is 1. The molecule has 1 fully saturated rings. The third-order valence-electron chi connectivity index (χ3n) is 4.68. The fourth-order valence-electron chi connectivity index (χ4n) is 3.24. The van der Waals surface area contributed by atoms with Gasteiger partial charge in [-0.05, 0) is 43.5 Å². The lowest BCUT2D eigenvalue weighted by Crippen LogP contribution is -2.31. The van der Waals surface area contributed by atoms with E-state index < -0.39 is 0 Å². The summed E-state index contributed by atoms with van der Waals surface area (Å²) in [5.74, 6) is -0.0674. The van der Waals surface area contributed by atoms with E-state index >= 15 is 0 Å². The molecule has 142 valence electrons. The molecule has 1 aliphatic heterocycles. The standard InChI is InChI=1S/C19H19Cl2N3O2S/c1-11-15-8-17(18(25)22-9-14-3-2-6-26-14)27-19(15)24(23-11)10-12-4-5-13(20)7-16(12)21/h4-5,7-8,14H,2-3,6,9-10H2,1H3,(H,22,25). The topological polar surface area (TPSA) is 56.2 Å². The van der Waals surface area contributed by atoms with Gasteiger partial charge in [0.2, 0.25) is 0 Å². The second-order valence-electron chi connectivity index (χ2n) is 6.65. The maximum atomic E-state index is 12.5. The second-order valence-corrected chi connectivity index (χ2v) is 8.53. The van der Waals surface area contributed by atoms with Crippen LogP contribution in [0.2, 0.25) is 10.0 Å². The summed E-state index contributed by atoms with van der Waals surface area (Å²) in [5.41, 5.74) is 1.83. The van der Waals surface area contributed by atoms with Crippen LogP contribution in [0.1, 0.15) is 33.8 Å². The SMILES string of the molecule is Cc1nn(Cc2ccc(Cl)cc2Cl)c2sc(C(=O)NCC3CCCO3)cc12. The molecule has 0 bridgehead atoms. The minimum absolute atomic E-state index is 0.0674. The molecule has 0 aliphatic carbocycles. The Balaban J connectivity index is 1.55. The van der Waals surface area contributed by atoms with Crippen LogP contribution in [0.3, 0.4) is 0 Å². The first-order valence-corrected chi connectivity index (χ1v) is 10.4. The Hall–Kier alpha value is -1.60. The van der Waals surface area contributed by atoms with Crippen molar-refractivity contribution >= 4 is 50.7 Å². The quantitative estimate of drug-likeness (QED) is 0.648. The summed E-state index contributed by atoms with van der Waals surface area (Å²) in [7, 11) is 0. The van der Waals surface area contributed by atoms with Crippen LogP contribution in [-0.2, 0) is 11.3 Å². The van der Waals surface area contributed by atoms with Gasteiger partial charge in [0.1, 0.15) is 4.83 Å². The molecule has 5 nitrogen and oxygen atoms in total. The number of carbonyl (C=O) groups is 1. The predicted molar refractivity (Wildman–Crippen MR) is 109 cm³/mol. The second kappa shape index (κ2) is 7.80. The minimum Gasteiger partial charge on any atom is -0.376 e. The third-order valence-corrected chi connectivity index (χ3v) is 6.41. The van der Waals surface area contributed by atoms with E-state index in [9.17, 15) is 4.79 Å². The molecular weight excluding hydrogens is 405 g/mol. The molecule has 1 amide bonds. The van der Waals surface area contributed by atoms with Crippen molar-refractivity contribution in [3.8, 4) is 0 Å². The number of aryl methyl sites for hydroxylation is 1. The zero-order valence-corrected chi connectivity index (χ0v) is 17.1. The summed E-state index contributed by atoms with van der Waals surface area (Å²) in [4.78, 5) is 14.2. The molecule has 1 aliphatic rings. The van der Waals surface area contributed by atoms with E-state index in [1.165, 1.54) is 11.3 Å². The molecule has 27 heavy (non-hydrogen) atoms. The van der Waals surface area contributed by atoms with Gasteiger partial charge in [-0.25, -0.2) is 0 Å². The molecule has 3 heterocycles. The number of fused-ring (bicyclic) bond motifs is 1. The van der Waals surface area contributed by atoms with Crippen LogP contribution >= 0.6 is 34.5 Å². The molecule has 3 aromatic rings. The minimum atomic E-state index is -0.0674. The number of amides is 1. The molecule has 0 radical (unpaired) electrons. The van der Waals surface area contributed by atoms with Gasteiger partial charge in [-0.2, -0.15) is 5.10 Å². The van der Waals surface area contributed by atoms with Crippen molar-refractivity contribution in [1.29, 1.82) is 0 Å². The average molecular weight is 424 g/mol. The Kier molecular flexibility index (Phi) is 5.41. The third kappa shape index (κ3) is 3.99. The number of ether oxygens (including phenoxy) is 1. The van der Waals surface area contributed by atoms with Gasteiger partial charge in [0.25, 0.3) is 5.91 Å². The van der Waals surface area contributed by atoms with Crippen molar-refractivity contribution in [1.82, 2.24) is 15.1 Å². The Morgan fingerprint density at radius 1 is 1.41 bits per heavy atom. The number of nitrogens with one attached hydrogen (secondary N) is 1. The fraction of sp³-hybridized carbons (Fsp3) is 0.368. The number of hydrogen-bond acceptors (Lipinski definition) is 4. The fourth-order valence-corrected chi connectivity index (χ4v) is 4.79. The molecule has 0 saturated carbocycles. The van der Waals surface area contributed by atoms with Gasteiger partial charge in [0.05, 0.1) is 23.2 Å². The number of hydrogen-bond donors (Lipinski definition) is 1. The lowest BCUT2D eigenvalue weighted by Gasteiger charge is -2.09. The first-order valence-electron chi connectivity index (χ1n) is 8.82. The van der Waals surface area contributed by atoms with Gasteiger partial charge >= 0.3 is 0 Å². The van der Waals surface area contributed by atoms with Gasteiger partial charge < -0.3 is 10.1 Å². The number of thiophene rings is 1.